The number of methoxy groups -OCH3 is 2. The van der Waals surface area contributed by atoms with E-state index in [9.17, 15) is 9.59 Å². The van der Waals surface area contributed by atoms with Gasteiger partial charge in [-0.05, 0) is 24.5 Å². The van der Waals surface area contributed by atoms with Crippen molar-refractivity contribution in [1.82, 2.24) is 31.1 Å². The monoisotopic (exact) mass is 420 g/mol. The van der Waals surface area contributed by atoms with Gasteiger partial charge in [-0.1, -0.05) is 25.1 Å². The number of hydrogen-bond donors (Lipinski definition) is 4. The number of amides is 3. The summed E-state index contributed by atoms with van der Waals surface area (Å²) in [5.41, 5.74) is 2.92. The van der Waals surface area contributed by atoms with E-state index in [2.05, 4.69) is 20.9 Å². The predicted molar refractivity (Wildman–Crippen MR) is 107 cm³/mol. The molecule has 1 heterocycles. The van der Waals surface area contributed by atoms with Gasteiger partial charge in [-0.2, -0.15) is 0 Å². The molecular formula is C19H28N6O5. The number of nitrogens with zero attached hydrogens (tertiary/aromatic N) is 3. The molecule has 1 atom stereocenters. The second kappa shape index (κ2) is 11.0. The average Bonchev–Trinajstić information content (AvgIpc) is 3.18. The molecular weight excluding hydrogens is 392 g/mol. The lowest BCUT2D eigenvalue weighted by Crippen LogP contribution is -2.49. The maximum atomic E-state index is 12.1. The zero-order valence-electron chi connectivity index (χ0n) is 17.5. The first-order valence-corrected chi connectivity index (χ1v) is 9.45. The Hall–Kier alpha value is -3.34. The highest BCUT2D eigenvalue weighted by atomic mass is 16.5. The summed E-state index contributed by atoms with van der Waals surface area (Å²) in [5.74, 6) is 0.819. The van der Waals surface area contributed by atoms with E-state index in [4.69, 9.17) is 14.7 Å². The molecule has 4 N–H and O–H groups in total. The molecule has 0 radical (unpaired) electrons. The van der Waals surface area contributed by atoms with Crippen molar-refractivity contribution in [3.63, 3.8) is 0 Å². The third kappa shape index (κ3) is 6.34. The van der Waals surface area contributed by atoms with Crippen LogP contribution in [0.25, 0.3) is 0 Å². The van der Waals surface area contributed by atoms with E-state index in [-0.39, 0.29) is 12.5 Å². The fourth-order valence-electron chi connectivity index (χ4n) is 2.90. The summed E-state index contributed by atoms with van der Waals surface area (Å²) in [5, 5.41) is 22.1. The second-order valence-electron chi connectivity index (χ2n) is 7.03. The van der Waals surface area contributed by atoms with Crippen LogP contribution in [0, 0.1) is 5.92 Å². The molecule has 0 saturated heterocycles. The van der Waals surface area contributed by atoms with Crippen molar-refractivity contribution in [2.45, 2.75) is 39.4 Å². The van der Waals surface area contributed by atoms with Gasteiger partial charge in [-0.3, -0.25) is 10.0 Å². The van der Waals surface area contributed by atoms with Crippen molar-refractivity contribution in [1.29, 1.82) is 0 Å². The van der Waals surface area contributed by atoms with Gasteiger partial charge in [0.15, 0.2) is 0 Å². The zero-order valence-corrected chi connectivity index (χ0v) is 17.5. The molecule has 0 aliphatic heterocycles. The first-order chi connectivity index (χ1) is 14.4. The summed E-state index contributed by atoms with van der Waals surface area (Å²) in [6.45, 7) is 4.31. The van der Waals surface area contributed by atoms with Crippen molar-refractivity contribution in [3.05, 3.63) is 35.7 Å². The van der Waals surface area contributed by atoms with Gasteiger partial charge in [-0.15, -0.1) is 5.10 Å². The molecule has 0 spiro atoms. The SMILES string of the molecule is COc1cccc(OC)c1Cn1cc(CNC(=O)N[C@@H](CC(C)C)C(=O)NO)nn1. The van der Waals surface area contributed by atoms with Crippen LogP contribution in [0.3, 0.4) is 0 Å². The summed E-state index contributed by atoms with van der Waals surface area (Å²) in [4.78, 5) is 23.8. The molecule has 30 heavy (non-hydrogen) atoms. The minimum Gasteiger partial charge on any atom is -0.496 e. The highest BCUT2D eigenvalue weighted by Crippen LogP contribution is 2.28. The Morgan fingerprint density at radius 2 is 1.87 bits per heavy atom. The molecule has 164 valence electrons. The number of nitrogens with one attached hydrogen (secondary N) is 3. The van der Waals surface area contributed by atoms with Crippen molar-refractivity contribution in [2.24, 2.45) is 5.92 Å². The number of rotatable bonds is 10. The molecule has 1 aromatic heterocycles. The van der Waals surface area contributed by atoms with Crippen molar-refractivity contribution >= 4 is 11.9 Å². The van der Waals surface area contributed by atoms with Crippen molar-refractivity contribution in [2.75, 3.05) is 14.2 Å². The Balaban J connectivity index is 1.96. The van der Waals surface area contributed by atoms with Gasteiger partial charge in [0.25, 0.3) is 5.91 Å². The van der Waals surface area contributed by atoms with Crippen LogP contribution in [-0.2, 0) is 17.9 Å². The molecule has 0 saturated carbocycles. The topological polar surface area (TPSA) is 140 Å². The van der Waals surface area contributed by atoms with Crippen molar-refractivity contribution in [3.8, 4) is 11.5 Å². The Bertz CT molecular complexity index is 831. The molecule has 2 aromatic rings. The normalized spacial score (nSPS) is 11.7. The number of ether oxygens (including phenoxy) is 2. The standard InChI is InChI=1S/C19H28N6O5/c1-12(2)8-15(18(26)23-28)21-19(27)20-9-13-10-25(24-22-13)11-14-16(29-3)6-5-7-17(14)30-4/h5-7,10,12,15,28H,8-9,11H2,1-4H3,(H,23,26)(H2,20,21,27)/t15-/m0/s1. The maximum absolute atomic E-state index is 12.1. The first kappa shape index (κ1) is 22.9. The number of aromatic nitrogens is 3. The average molecular weight is 420 g/mol. The van der Waals surface area contributed by atoms with Crippen LogP contribution < -0.4 is 25.6 Å². The van der Waals surface area contributed by atoms with Gasteiger partial charge >= 0.3 is 6.03 Å². The smallest absolute Gasteiger partial charge is 0.315 e. The van der Waals surface area contributed by atoms with Gasteiger partial charge in [0, 0.05) is 0 Å². The number of carbonyl (C=O) groups excluding carboxylic acids is 2. The van der Waals surface area contributed by atoms with E-state index in [1.165, 1.54) is 0 Å². The molecule has 0 fully saturated rings. The van der Waals surface area contributed by atoms with Crippen LogP contribution >= 0.6 is 0 Å². The molecule has 1 aromatic carbocycles. The Morgan fingerprint density at radius 3 is 2.43 bits per heavy atom. The van der Waals surface area contributed by atoms with Crippen LogP contribution in [0.15, 0.2) is 24.4 Å². The molecule has 0 aliphatic rings. The number of urea groups is 1. The molecule has 11 nitrogen and oxygen atoms in total. The Labute approximate surface area is 174 Å². The number of benzene rings is 1. The lowest BCUT2D eigenvalue weighted by atomic mass is 10.0. The van der Waals surface area contributed by atoms with E-state index >= 15 is 0 Å². The highest BCUT2D eigenvalue weighted by Gasteiger charge is 2.21. The van der Waals surface area contributed by atoms with E-state index in [0.717, 1.165) is 5.56 Å². The minimum atomic E-state index is -0.844. The van der Waals surface area contributed by atoms with Crippen LogP contribution in [0.2, 0.25) is 0 Å². The van der Waals surface area contributed by atoms with E-state index in [0.29, 0.717) is 30.2 Å². The summed E-state index contributed by atoms with van der Waals surface area (Å²) < 4.78 is 12.4. The van der Waals surface area contributed by atoms with Crippen molar-refractivity contribution < 1.29 is 24.3 Å². The molecule has 3 amide bonds. The van der Waals surface area contributed by atoms with Crippen LogP contribution in [0.1, 0.15) is 31.5 Å². The quantitative estimate of drug-likeness (QED) is 0.333. The van der Waals surface area contributed by atoms with Gasteiger partial charge in [-0.25, -0.2) is 15.0 Å². The third-order valence-corrected chi connectivity index (χ3v) is 4.31. The number of hydrogen-bond acceptors (Lipinski definition) is 7. The van der Waals surface area contributed by atoms with E-state index in [1.54, 1.807) is 30.6 Å². The minimum absolute atomic E-state index is 0.115. The lowest BCUT2D eigenvalue weighted by molar-refractivity contribution is -0.131. The predicted octanol–water partition coefficient (Wildman–Crippen LogP) is 1.06. The van der Waals surface area contributed by atoms with Gasteiger partial charge in [0.2, 0.25) is 0 Å². The summed E-state index contributed by atoms with van der Waals surface area (Å²) in [7, 11) is 3.16. The maximum Gasteiger partial charge on any atom is 0.315 e. The molecule has 2 rings (SSSR count). The molecule has 0 unspecified atom stereocenters. The Morgan fingerprint density at radius 1 is 1.20 bits per heavy atom. The van der Waals surface area contributed by atoms with Gasteiger partial charge in [0.05, 0.1) is 39.1 Å². The largest absolute Gasteiger partial charge is 0.496 e. The summed E-state index contributed by atoms with van der Waals surface area (Å²) >= 11 is 0. The molecule has 0 aliphatic carbocycles. The lowest BCUT2D eigenvalue weighted by Gasteiger charge is -2.18. The highest BCUT2D eigenvalue weighted by molar-refractivity contribution is 5.86. The van der Waals surface area contributed by atoms with Gasteiger partial charge in [0.1, 0.15) is 23.2 Å². The Kier molecular flexibility index (Phi) is 8.41. The zero-order chi connectivity index (χ0) is 22.1. The van der Waals surface area contributed by atoms with Crippen LogP contribution in [0.5, 0.6) is 11.5 Å². The fourth-order valence-corrected chi connectivity index (χ4v) is 2.90. The first-order valence-electron chi connectivity index (χ1n) is 9.45. The van der Waals surface area contributed by atoms with Crippen LogP contribution in [0.4, 0.5) is 4.79 Å². The third-order valence-electron chi connectivity index (χ3n) is 4.31. The summed E-state index contributed by atoms with van der Waals surface area (Å²) in [6, 6.07) is 4.10. The molecule has 0 bridgehead atoms. The second-order valence-corrected chi connectivity index (χ2v) is 7.03. The van der Waals surface area contributed by atoms with Gasteiger partial charge < -0.3 is 20.1 Å². The molecule has 11 heteroatoms. The van der Waals surface area contributed by atoms with Crippen LogP contribution in [-0.4, -0.2) is 52.4 Å². The number of hydroxylamine groups is 1. The summed E-state index contributed by atoms with van der Waals surface area (Å²) in [6.07, 6.45) is 2.08. The van der Waals surface area contributed by atoms with E-state index < -0.39 is 18.0 Å². The van der Waals surface area contributed by atoms with E-state index in [1.807, 2.05) is 32.0 Å². The number of carbonyl (C=O) groups is 2. The fraction of sp³-hybridized carbons (Fsp3) is 0.474.